The van der Waals surface area contributed by atoms with Crippen molar-refractivity contribution in [2.75, 3.05) is 26.2 Å². The molecule has 23 heavy (non-hydrogen) atoms. The molecule has 0 N–H and O–H groups in total. The second-order valence-electron chi connectivity index (χ2n) is 6.76. The highest BCUT2D eigenvalue weighted by Gasteiger charge is 2.42. The van der Waals surface area contributed by atoms with Crippen molar-refractivity contribution >= 4 is 23.3 Å². The minimum atomic E-state index is -0.0426. The Labute approximate surface area is 140 Å². The summed E-state index contributed by atoms with van der Waals surface area (Å²) in [5, 5.41) is 2.00. The van der Waals surface area contributed by atoms with Gasteiger partial charge in [0.05, 0.1) is 23.7 Å². The van der Waals surface area contributed by atoms with E-state index in [1.807, 2.05) is 20.1 Å². The number of nitrogens with zero attached hydrogens (tertiary/aromatic N) is 4. The fraction of sp³-hybridized carbons (Fsp3) is 0.688. The van der Waals surface area contributed by atoms with E-state index in [2.05, 4.69) is 4.98 Å². The Morgan fingerprint density at radius 3 is 2.78 bits per heavy atom. The molecule has 0 aromatic carbocycles. The van der Waals surface area contributed by atoms with Crippen LogP contribution in [0.4, 0.5) is 4.79 Å². The number of likely N-dealkylation sites (tertiary alicyclic amines) is 1. The summed E-state index contributed by atoms with van der Waals surface area (Å²) in [4.78, 5) is 35.6. The molecular formula is C16H22N4O2S. The van der Waals surface area contributed by atoms with Gasteiger partial charge in [0.2, 0.25) is 5.91 Å². The number of rotatable bonds is 2. The third kappa shape index (κ3) is 2.82. The molecule has 0 saturated carbocycles. The van der Waals surface area contributed by atoms with Crippen LogP contribution in [0.5, 0.6) is 0 Å². The molecule has 4 aliphatic rings. The van der Waals surface area contributed by atoms with Crippen LogP contribution in [-0.2, 0) is 11.3 Å². The standard InChI is InChI=1S/C16H22N4O2S/c21-15-12-3-4-14(20(15)8-13-10-23-11-17-13)9-19(7-12)16(22)18-5-1-2-6-18/h10-12,14H,1-9H2/t12-,14+/m0/s1. The van der Waals surface area contributed by atoms with Crippen LogP contribution in [0.2, 0.25) is 0 Å². The van der Waals surface area contributed by atoms with Gasteiger partial charge in [0.25, 0.3) is 0 Å². The Balaban J connectivity index is 1.51. The average molecular weight is 334 g/mol. The normalized spacial score (nSPS) is 27.7. The molecule has 0 radical (unpaired) electrons. The van der Waals surface area contributed by atoms with Gasteiger partial charge in [-0.2, -0.15) is 0 Å². The largest absolute Gasteiger partial charge is 0.332 e. The van der Waals surface area contributed by atoms with Crippen molar-refractivity contribution in [3.05, 3.63) is 16.6 Å². The average Bonchev–Trinajstić information content (AvgIpc) is 3.19. The third-order valence-electron chi connectivity index (χ3n) is 5.26. The van der Waals surface area contributed by atoms with Gasteiger partial charge in [-0.1, -0.05) is 0 Å². The Bertz CT molecular complexity index is 585. The number of aromatic nitrogens is 1. The zero-order valence-corrected chi connectivity index (χ0v) is 14.0. The van der Waals surface area contributed by atoms with Crippen LogP contribution in [-0.4, -0.2) is 63.8 Å². The molecule has 1 aromatic rings. The summed E-state index contributed by atoms with van der Waals surface area (Å²) >= 11 is 1.56. The number of hydrogen-bond donors (Lipinski definition) is 0. The van der Waals surface area contributed by atoms with Crippen molar-refractivity contribution in [2.24, 2.45) is 5.92 Å². The molecule has 2 atom stereocenters. The van der Waals surface area contributed by atoms with Gasteiger partial charge >= 0.3 is 6.03 Å². The van der Waals surface area contributed by atoms with Crippen molar-refractivity contribution in [2.45, 2.75) is 38.3 Å². The maximum absolute atomic E-state index is 12.8. The molecule has 4 aliphatic heterocycles. The Morgan fingerprint density at radius 1 is 1.22 bits per heavy atom. The maximum atomic E-state index is 12.8. The number of urea groups is 1. The fourth-order valence-corrected chi connectivity index (χ4v) is 4.55. The molecule has 4 fully saturated rings. The summed E-state index contributed by atoms with van der Waals surface area (Å²) in [5.74, 6) is 0.157. The molecule has 3 amide bonds. The smallest absolute Gasteiger partial charge is 0.320 e. The van der Waals surface area contributed by atoms with E-state index >= 15 is 0 Å². The number of amides is 3. The first-order valence-corrected chi connectivity index (χ1v) is 9.38. The quantitative estimate of drug-likeness (QED) is 0.828. The highest BCUT2D eigenvalue weighted by Crippen LogP contribution is 2.31. The van der Waals surface area contributed by atoms with Crippen LogP contribution in [0.1, 0.15) is 31.4 Å². The van der Waals surface area contributed by atoms with Crippen LogP contribution >= 0.6 is 11.3 Å². The van der Waals surface area contributed by atoms with Crippen molar-refractivity contribution in [1.82, 2.24) is 19.7 Å². The highest BCUT2D eigenvalue weighted by molar-refractivity contribution is 7.07. The third-order valence-corrected chi connectivity index (χ3v) is 5.89. The van der Waals surface area contributed by atoms with Crippen LogP contribution < -0.4 is 0 Å². The first-order valence-electron chi connectivity index (χ1n) is 8.44. The maximum Gasteiger partial charge on any atom is 0.320 e. The second kappa shape index (κ2) is 6.11. The van der Waals surface area contributed by atoms with E-state index in [0.29, 0.717) is 19.6 Å². The summed E-state index contributed by atoms with van der Waals surface area (Å²) in [6.45, 7) is 3.55. The number of fused-ring (bicyclic) bond motifs is 4. The van der Waals surface area contributed by atoms with E-state index in [4.69, 9.17) is 0 Å². The van der Waals surface area contributed by atoms with Crippen molar-refractivity contribution in [3.8, 4) is 0 Å². The van der Waals surface area contributed by atoms with E-state index < -0.39 is 0 Å². The first-order chi connectivity index (χ1) is 11.2. The van der Waals surface area contributed by atoms with E-state index in [-0.39, 0.29) is 23.9 Å². The molecule has 0 aliphatic carbocycles. The Kier molecular flexibility index (Phi) is 3.97. The molecule has 1 aromatic heterocycles. The van der Waals surface area contributed by atoms with Crippen molar-refractivity contribution in [1.29, 1.82) is 0 Å². The molecule has 2 bridgehead atoms. The molecule has 5 heterocycles. The van der Waals surface area contributed by atoms with E-state index in [1.54, 1.807) is 16.8 Å². The highest BCUT2D eigenvalue weighted by atomic mass is 32.1. The van der Waals surface area contributed by atoms with Gasteiger partial charge in [-0.3, -0.25) is 4.79 Å². The summed E-state index contributed by atoms with van der Waals surface area (Å²) in [7, 11) is 0. The van der Waals surface area contributed by atoms with Gasteiger partial charge < -0.3 is 14.7 Å². The molecule has 7 heteroatoms. The van der Waals surface area contributed by atoms with Crippen LogP contribution in [0.3, 0.4) is 0 Å². The van der Waals surface area contributed by atoms with E-state index in [9.17, 15) is 9.59 Å². The monoisotopic (exact) mass is 334 g/mol. The van der Waals surface area contributed by atoms with Crippen molar-refractivity contribution in [3.63, 3.8) is 0 Å². The summed E-state index contributed by atoms with van der Waals surface area (Å²) in [6.07, 6.45) is 4.09. The molecule has 124 valence electrons. The van der Waals surface area contributed by atoms with Gasteiger partial charge in [-0.15, -0.1) is 11.3 Å². The molecule has 0 spiro atoms. The number of piperidine rings is 1. The van der Waals surface area contributed by atoms with Gasteiger partial charge in [-0.05, 0) is 25.7 Å². The SMILES string of the molecule is O=C(N1CCCC1)N1C[C@@H]2CC[C@H](C1)N(Cc1cscn1)C2=O. The lowest BCUT2D eigenvalue weighted by molar-refractivity contribution is -0.140. The molecule has 0 unspecified atom stereocenters. The predicted octanol–water partition coefficient (Wildman–Crippen LogP) is 1.78. The van der Waals surface area contributed by atoms with Crippen LogP contribution in [0, 0.1) is 5.92 Å². The van der Waals surface area contributed by atoms with Crippen LogP contribution in [0.25, 0.3) is 0 Å². The van der Waals surface area contributed by atoms with Gasteiger partial charge in [0, 0.05) is 37.6 Å². The predicted molar refractivity (Wildman–Crippen MR) is 87.0 cm³/mol. The number of thiazole rings is 1. The van der Waals surface area contributed by atoms with Gasteiger partial charge in [0.1, 0.15) is 0 Å². The molecule has 6 nitrogen and oxygen atoms in total. The van der Waals surface area contributed by atoms with Gasteiger partial charge in [0.15, 0.2) is 0 Å². The number of carbonyl (C=O) groups excluding carboxylic acids is 2. The fourth-order valence-electron chi connectivity index (χ4n) is 4.00. The molecular weight excluding hydrogens is 312 g/mol. The van der Waals surface area contributed by atoms with Crippen LogP contribution in [0.15, 0.2) is 10.9 Å². The second-order valence-corrected chi connectivity index (χ2v) is 7.47. The van der Waals surface area contributed by atoms with Crippen molar-refractivity contribution < 1.29 is 9.59 Å². The number of hydrogen-bond acceptors (Lipinski definition) is 4. The topological polar surface area (TPSA) is 56.8 Å². The lowest BCUT2D eigenvalue weighted by atomic mass is 9.94. The molecule has 4 saturated heterocycles. The lowest BCUT2D eigenvalue weighted by Gasteiger charge is -2.35. The Hall–Kier alpha value is -1.63. The summed E-state index contributed by atoms with van der Waals surface area (Å²) in [5.41, 5.74) is 2.76. The summed E-state index contributed by atoms with van der Waals surface area (Å²) < 4.78 is 0. The summed E-state index contributed by atoms with van der Waals surface area (Å²) in [6, 6.07) is 0.261. The minimum Gasteiger partial charge on any atom is -0.332 e. The van der Waals surface area contributed by atoms with Gasteiger partial charge in [-0.25, -0.2) is 9.78 Å². The lowest BCUT2D eigenvalue weighted by Crippen LogP contribution is -2.48. The Morgan fingerprint density at radius 2 is 2.04 bits per heavy atom. The van der Waals surface area contributed by atoms with E-state index in [1.165, 1.54) is 0 Å². The zero-order valence-electron chi connectivity index (χ0n) is 13.2. The molecule has 5 rings (SSSR count). The number of carbonyl (C=O) groups is 2. The van der Waals surface area contributed by atoms with E-state index in [0.717, 1.165) is 44.5 Å². The minimum absolute atomic E-state index is 0.0426. The first kappa shape index (κ1) is 14.9. The zero-order chi connectivity index (χ0) is 15.8.